The zero-order valence-electron chi connectivity index (χ0n) is 20.0. The minimum absolute atomic E-state index is 0.651. The Kier molecular flexibility index (Phi) is 12.4. The molecule has 0 spiro atoms. The number of hydrogen-bond donors (Lipinski definition) is 11. The highest BCUT2D eigenvalue weighted by Gasteiger charge is 2.52. The van der Waals surface area contributed by atoms with Crippen LogP contribution >= 0.6 is 0 Å². The largest absolute Gasteiger partial charge is 0.394 e. The van der Waals surface area contributed by atoms with Crippen molar-refractivity contribution < 1.29 is 64.5 Å². The molecule has 0 aliphatic carbocycles. The van der Waals surface area contributed by atoms with Crippen molar-refractivity contribution in [3.8, 4) is 0 Å². The summed E-state index contributed by atoms with van der Waals surface area (Å²) >= 11 is 0. The highest BCUT2D eigenvalue weighted by atomic mass is 16.7. The lowest BCUT2D eigenvalue weighted by Crippen LogP contribution is -2.69. The molecule has 0 amide bonds. The van der Waals surface area contributed by atoms with Gasteiger partial charge >= 0.3 is 0 Å². The first-order valence-electron chi connectivity index (χ1n) is 11.5. The maximum atomic E-state index is 10.8. The zero-order valence-corrected chi connectivity index (χ0v) is 20.0. The summed E-state index contributed by atoms with van der Waals surface area (Å²) in [6, 6.07) is -3.87. The van der Waals surface area contributed by atoms with Crippen molar-refractivity contribution in [3.63, 3.8) is 0 Å². The number of hydrogen-bond acceptors (Lipinski definition) is 16. The molecular formula is C21H39N3O13. The van der Waals surface area contributed by atoms with Crippen LogP contribution in [-0.4, -0.2) is 153 Å². The Balaban J connectivity index is 0.00000153. The Morgan fingerprint density at radius 2 is 0.973 bits per heavy atom. The molecule has 3 fully saturated rings. The molecule has 6 unspecified atom stereocenters. The molecule has 0 aromatic rings. The van der Waals surface area contributed by atoms with Crippen LogP contribution in [0.25, 0.3) is 0 Å². The molecule has 16 heteroatoms. The van der Waals surface area contributed by atoms with Gasteiger partial charge in [0, 0.05) is 0 Å². The molecule has 16 nitrogen and oxygen atoms in total. The summed E-state index contributed by atoms with van der Waals surface area (Å²) in [5.74, 6) is 0. The second kappa shape index (κ2) is 14.3. The third kappa shape index (κ3) is 7.10. The number of aliphatic hydroxyl groups excluding tert-OH is 8. The van der Waals surface area contributed by atoms with Crippen LogP contribution < -0.4 is 17.2 Å². The van der Waals surface area contributed by atoms with Crippen LogP contribution in [0.15, 0.2) is 18.9 Å². The first kappa shape index (κ1) is 32.1. The molecule has 0 aromatic carbocycles. The maximum absolute atomic E-state index is 10.8. The Bertz CT molecular complexity index is 726. The van der Waals surface area contributed by atoms with Crippen LogP contribution in [0.5, 0.6) is 0 Å². The maximum Gasteiger partial charge on any atom is 0.176 e. The van der Waals surface area contributed by atoms with Crippen molar-refractivity contribution in [1.29, 1.82) is 0 Å². The van der Waals surface area contributed by atoms with Gasteiger partial charge in [0.1, 0.15) is 54.9 Å². The minimum Gasteiger partial charge on any atom is -0.394 e. The molecule has 3 aliphatic heterocycles. The third-order valence-electron chi connectivity index (χ3n) is 6.33. The average Bonchev–Trinajstić information content (AvgIpc) is 2.88. The Hall–Kier alpha value is -1.12. The van der Waals surface area contributed by atoms with E-state index in [1.807, 2.05) is 0 Å². The smallest absolute Gasteiger partial charge is 0.176 e. The molecule has 3 saturated heterocycles. The second-order valence-corrected chi connectivity index (χ2v) is 8.84. The number of ether oxygens (including phenoxy) is 5. The molecule has 3 rings (SSSR count). The molecule has 0 aromatic heterocycles. The summed E-state index contributed by atoms with van der Waals surface area (Å²) in [4.78, 5) is 0. The van der Waals surface area contributed by atoms with E-state index >= 15 is 0 Å². The van der Waals surface area contributed by atoms with Crippen molar-refractivity contribution in [2.45, 2.75) is 91.9 Å². The first-order valence-corrected chi connectivity index (χ1v) is 11.5. The SMILES string of the molecule is C=C=C.NC1C(O)O[C@H](CO)C(O[C@@H]2O[C@H](CO)C(O[C@@H]3O[C@H](CO)[C@@H](O)[C@H](O)[C@H]3N)[C@H](O)C2N)C1O. The van der Waals surface area contributed by atoms with Gasteiger partial charge in [-0.15, -0.1) is 5.73 Å². The van der Waals surface area contributed by atoms with Gasteiger partial charge in [-0.25, -0.2) is 0 Å². The summed E-state index contributed by atoms with van der Waals surface area (Å²) < 4.78 is 27.4. The van der Waals surface area contributed by atoms with E-state index in [9.17, 15) is 40.9 Å². The fourth-order valence-corrected chi connectivity index (χ4v) is 4.18. The number of aliphatic hydroxyl groups is 8. The molecule has 37 heavy (non-hydrogen) atoms. The number of nitrogens with two attached hydrogens (primary N) is 3. The Labute approximate surface area is 213 Å². The Morgan fingerprint density at radius 3 is 1.43 bits per heavy atom. The summed E-state index contributed by atoms with van der Waals surface area (Å²) in [5.41, 5.74) is 19.8. The molecule has 216 valence electrons. The zero-order chi connectivity index (χ0) is 28.0. The molecule has 0 bridgehead atoms. The monoisotopic (exact) mass is 541 g/mol. The quantitative estimate of drug-likeness (QED) is 0.133. The van der Waals surface area contributed by atoms with E-state index in [-0.39, 0.29) is 0 Å². The third-order valence-corrected chi connectivity index (χ3v) is 6.33. The van der Waals surface area contributed by atoms with Crippen molar-refractivity contribution in [2.75, 3.05) is 19.8 Å². The van der Waals surface area contributed by atoms with Crippen molar-refractivity contribution in [3.05, 3.63) is 18.9 Å². The van der Waals surface area contributed by atoms with Crippen molar-refractivity contribution >= 4 is 0 Å². The second-order valence-electron chi connectivity index (χ2n) is 8.84. The van der Waals surface area contributed by atoms with Gasteiger partial charge in [0.15, 0.2) is 18.9 Å². The summed E-state index contributed by atoms with van der Waals surface area (Å²) in [5, 5.41) is 79.6. The van der Waals surface area contributed by atoms with E-state index in [1.165, 1.54) is 0 Å². The lowest BCUT2D eigenvalue weighted by atomic mass is 9.94. The van der Waals surface area contributed by atoms with Crippen molar-refractivity contribution in [1.82, 2.24) is 0 Å². The first-order chi connectivity index (χ1) is 17.5. The topological polar surface area (TPSA) is 286 Å². The average molecular weight is 542 g/mol. The van der Waals surface area contributed by atoms with E-state index < -0.39 is 112 Å². The highest BCUT2D eigenvalue weighted by Crippen LogP contribution is 2.31. The van der Waals surface area contributed by atoms with E-state index in [0.717, 1.165) is 0 Å². The van der Waals surface area contributed by atoms with Gasteiger partial charge in [0.05, 0.1) is 37.9 Å². The fourth-order valence-electron chi connectivity index (χ4n) is 4.18. The van der Waals surface area contributed by atoms with Crippen LogP contribution in [0.2, 0.25) is 0 Å². The minimum atomic E-state index is -1.56. The molecule has 15 atom stereocenters. The summed E-state index contributed by atoms with van der Waals surface area (Å²) in [7, 11) is 0. The van der Waals surface area contributed by atoms with Gasteiger partial charge < -0.3 is 81.7 Å². The van der Waals surface area contributed by atoms with E-state index in [1.54, 1.807) is 0 Å². The van der Waals surface area contributed by atoms with Gasteiger partial charge in [0.2, 0.25) is 0 Å². The molecular weight excluding hydrogens is 502 g/mol. The van der Waals surface area contributed by atoms with E-state index in [2.05, 4.69) is 18.9 Å². The van der Waals surface area contributed by atoms with Crippen LogP contribution in [0, 0.1) is 0 Å². The van der Waals surface area contributed by atoms with Gasteiger partial charge in [-0.1, -0.05) is 13.2 Å². The van der Waals surface area contributed by atoms with Gasteiger partial charge in [-0.2, -0.15) is 0 Å². The van der Waals surface area contributed by atoms with Crippen LogP contribution in [0.4, 0.5) is 0 Å². The number of rotatable bonds is 7. The van der Waals surface area contributed by atoms with Gasteiger partial charge in [-0.05, 0) is 0 Å². The van der Waals surface area contributed by atoms with Gasteiger partial charge in [-0.3, -0.25) is 0 Å². The fraction of sp³-hybridized carbons (Fsp3) is 0.857. The van der Waals surface area contributed by atoms with Crippen LogP contribution in [0.1, 0.15) is 0 Å². The molecule has 0 radical (unpaired) electrons. The lowest BCUT2D eigenvalue weighted by Gasteiger charge is -2.48. The molecule has 3 heterocycles. The summed E-state index contributed by atoms with van der Waals surface area (Å²) in [6.07, 6.45) is -16.8. The summed E-state index contributed by atoms with van der Waals surface area (Å²) in [6.45, 7) is 4.25. The van der Waals surface area contributed by atoms with Gasteiger partial charge in [0.25, 0.3) is 0 Å². The molecule has 0 saturated carbocycles. The van der Waals surface area contributed by atoms with Crippen LogP contribution in [0.3, 0.4) is 0 Å². The van der Waals surface area contributed by atoms with Crippen LogP contribution in [-0.2, 0) is 23.7 Å². The predicted molar refractivity (Wildman–Crippen MR) is 122 cm³/mol. The highest BCUT2D eigenvalue weighted by molar-refractivity contribution is 4.98. The predicted octanol–water partition coefficient (Wildman–Crippen LogP) is -6.72. The van der Waals surface area contributed by atoms with E-state index in [0.29, 0.717) is 0 Å². The lowest BCUT2D eigenvalue weighted by molar-refractivity contribution is -0.348. The van der Waals surface area contributed by atoms with E-state index in [4.69, 9.17) is 40.9 Å². The standard InChI is InChI=1S/C18H35N3O13.C3H4/c19-7-12(27)14(5(2-23)30-16(7)29)33-18-9(21)13(28)15(6(3-24)32-18)34-17-8(20)11(26)10(25)4(1-22)31-17;1-3-2/h4-18,22-29H,1-3,19-21H2;1-2H2/t4-,5-,6-,7?,8-,9?,10-,11-,12?,13-,14?,15?,16?,17+,18+;/m1./s1. The molecule has 14 N–H and O–H groups in total. The van der Waals surface area contributed by atoms with Crippen molar-refractivity contribution in [2.24, 2.45) is 17.2 Å². The Morgan fingerprint density at radius 1 is 0.595 bits per heavy atom. The molecule has 3 aliphatic rings. The normalized spacial score (nSPS) is 48.5.